The van der Waals surface area contributed by atoms with Crippen LogP contribution in [0.4, 0.5) is 9.18 Å². The Hall–Kier alpha value is -3.68. The van der Waals surface area contributed by atoms with Crippen molar-refractivity contribution in [3.05, 3.63) is 83.9 Å². The van der Waals surface area contributed by atoms with Gasteiger partial charge in [-0.2, -0.15) is 5.10 Å². The summed E-state index contributed by atoms with van der Waals surface area (Å²) in [7, 11) is 0. The first-order valence-electron chi connectivity index (χ1n) is 15.8. The number of aromatic nitrogens is 2. The standard InChI is InChI=1S/C35H41FN4O3/c1-34(2,3)43-33(42)40-30(32(41)37-35-19-22-14-23(20-35)16-24(15-22)21-35)18-28(31(40)25-8-7-9-26(36)17-25)29-12-13-39(38-29)27-10-5-4-6-11-27/h4-13,17,22-24,28,30-31H,14-16,18-21H2,1-3H3,(H,37,41)/t22?,23?,24?,28-,30+,31+,35?/m1/s1. The molecule has 43 heavy (non-hydrogen) atoms. The normalized spacial score (nSPS) is 31.3. The SMILES string of the molecule is CC(C)(C)OC(=O)N1[C@H](C(=O)NC23CC4CC(CC(C4)C2)C3)C[C@H](c2ccn(-c3ccccc3)n2)[C@@H]1c1cccc(F)c1. The number of rotatable bonds is 5. The largest absolute Gasteiger partial charge is 0.444 e. The molecule has 226 valence electrons. The maximum Gasteiger partial charge on any atom is 0.411 e. The zero-order valence-electron chi connectivity index (χ0n) is 25.2. The molecule has 2 amide bonds. The van der Waals surface area contributed by atoms with E-state index >= 15 is 0 Å². The third-order valence-corrected chi connectivity index (χ3v) is 10.0. The monoisotopic (exact) mass is 584 g/mol. The number of likely N-dealkylation sites (tertiary alicyclic amines) is 1. The molecule has 4 bridgehead atoms. The summed E-state index contributed by atoms with van der Waals surface area (Å²) in [4.78, 5) is 30.0. The van der Waals surface area contributed by atoms with Crippen molar-refractivity contribution in [3.63, 3.8) is 0 Å². The highest BCUT2D eigenvalue weighted by molar-refractivity contribution is 5.87. The van der Waals surface area contributed by atoms with Gasteiger partial charge in [0.1, 0.15) is 17.5 Å². The average molecular weight is 585 g/mol. The fraction of sp³-hybridized carbons (Fsp3) is 0.514. The van der Waals surface area contributed by atoms with E-state index in [1.807, 2.05) is 69.4 Å². The van der Waals surface area contributed by atoms with Gasteiger partial charge in [0, 0.05) is 17.7 Å². The lowest BCUT2D eigenvalue weighted by atomic mass is 9.53. The maximum atomic E-state index is 14.7. The van der Waals surface area contributed by atoms with Gasteiger partial charge in [-0.3, -0.25) is 9.69 Å². The van der Waals surface area contributed by atoms with E-state index in [4.69, 9.17) is 9.84 Å². The van der Waals surface area contributed by atoms with Crippen LogP contribution < -0.4 is 5.32 Å². The molecule has 5 fully saturated rings. The van der Waals surface area contributed by atoms with E-state index in [0.717, 1.165) is 30.6 Å². The number of hydrogen-bond acceptors (Lipinski definition) is 4. The van der Waals surface area contributed by atoms with E-state index in [1.54, 1.807) is 15.6 Å². The fourth-order valence-corrected chi connectivity index (χ4v) is 8.89. The van der Waals surface area contributed by atoms with Crippen LogP contribution in [-0.2, 0) is 9.53 Å². The second-order valence-electron chi connectivity index (χ2n) is 14.5. The third kappa shape index (κ3) is 5.45. The van der Waals surface area contributed by atoms with Gasteiger partial charge in [-0.05, 0) is 119 Å². The number of halogens is 1. The lowest BCUT2D eigenvalue weighted by molar-refractivity contribution is -0.131. The van der Waals surface area contributed by atoms with E-state index in [9.17, 15) is 14.0 Å². The lowest BCUT2D eigenvalue weighted by Crippen LogP contribution is -2.62. The van der Waals surface area contributed by atoms with Gasteiger partial charge in [0.15, 0.2) is 0 Å². The Morgan fingerprint density at radius 1 is 0.930 bits per heavy atom. The Labute approximate surface area is 252 Å². The molecule has 4 saturated carbocycles. The zero-order chi connectivity index (χ0) is 29.9. The molecule has 5 aliphatic rings. The van der Waals surface area contributed by atoms with Gasteiger partial charge in [-0.1, -0.05) is 30.3 Å². The van der Waals surface area contributed by atoms with E-state index in [2.05, 4.69) is 5.32 Å². The molecule has 1 N–H and O–H groups in total. The zero-order valence-corrected chi connectivity index (χ0v) is 25.2. The summed E-state index contributed by atoms with van der Waals surface area (Å²) >= 11 is 0. The Morgan fingerprint density at radius 2 is 1.60 bits per heavy atom. The molecule has 0 radical (unpaired) electrons. The summed E-state index contributed by atoms with van der Waals surface area (Å²) in [6.07, 6.45) is 8.56. The van der Waals surface area contributed by atoms with Crippen molar-refractivity contribution in [3.8, 4) is 5.69 Å². The minimum Gasteiger partial charge on any atom is -0.444 e. The molecule has 1 aliphatic heterocycles. The second kappa shape index (κ2) is 10.5. The highest BCUT2D eigenvalue weighted by Crippen LogP contribution is 2.56. The number of amides is 2. The van der Waals surface area contributed by atoms with Crippen LogP contribution in [0.2, 0.25) is 0 Å². The number of nitrogens with zero attached hydrogens (tertiary/aromatic N) is 3. The van der Waals surface area contributed by atoms with E-state index < -0.39 is 29.6 Å². The van der Waals surface area contributed by atoms with Crippen LogP contribution >= 0.6 is 0 Å². The van der Waals surface area contributed by atoms with Crippen LogP contribution in [0.3, 0.4) is 0 Å². The molecule has 4 aliphatic carbocycles. The highest BCUT2D eigenvalue weighted by atomic mass is 19.1. The maximum absolute atomic E-state index is 14.7. The second-order valence-corrected chi connectivity index (χ2v) is 14.5. The Morgan fingerprint density at radius 3 is 2.23 bits per heavy atom. The number of carbonyl (C=O) groups excluding carboxylic acids is 2. The molecule has 2 heterocycles. The van der Waals surface area contributed by atoms with Crippen molar-refractivity contribution in [1.82, 2.24) is 20.0 Å². The van der Waals surface area contributed by atoms with Gasteiger partial charge in [-0.15, -0.1) is 0 Å². The van der Waals surface area contributed by atoms with Crippen molar-refractivity contribution in [2.75, 3.05) is 0 Å². The molecule has 7 nitrogen and oxygen atoms in total. The molecule has 3 atom stereocenters. The number of carbonyl (C=O) groups is 2. The molecule has 1 aromatic heterocycles. The fourth-order valence-electron chi connectivity index (χ4n) is 8.89. The topological polar surface area (TPSA) is 76.5 Å². The summed E-state index contributed by atoms with van der Waals surface area (Å²) in [6.45, 7) is 5.46. The summed E-state index contributed by atoms with van der Waals surface area (Å²) < 4.78 is 22.4. The quantitative estimate of drug-likeness (QED) is 0.353. The van der Waals surface area contributed by atoms with Crippen LogP contribution in [0.25, 0.3) is 5.69 Å². The number of nitrogens with one attached hydrogen (secondary N) is 1. The lowest BCUT2D eigenvalue weighted by Gasteiger charge is -2.57. The van der Waals surface area contributed by atoms with Gasteiger partial charge >= 0.3 is 6.09 Å². The molecular formula is C35H41FN4O3. The number of para-hydroxylation sites is 1. The van der Waals surface area contributed by atoms with Crippen LogP contribution in [0.15, 0.2) is 66.9 Å². The Balaban J connectivity index is 1.27. The summed E-state index contributed by atoms with van der Waals surface area (Å²) in [5.74, 6) is 1.15. The van der Waals surface area contributed by atoms with E-state index in [0.29, 0.717) is 29.7 Å². The third-order valence-electron chi connectivity index (χ3n) is 10.0. The molecule has 1 saturated heterocycles. The van der Waals surface area contributed by atoms with E-state index in [-0.39, 0.29) is 17.4 Å². The Kier molecular flexibility index (Phi) is 6.86. The van der Waals surface area contributed by atoms with Gasteiger partial charge in [0.2, 0.25) is 5.91 Å². The number of hydrogen-bond donors (Lipinski definition) is 1. The smallest absolute Gasteiger partial charge is 0.411 e. The van der Waals surface area contributed by atoms with Crippen molar-refractivity contribution in [1.29, 1.82) is 0 Å². The molecule has 8 rings (SSSR count). The van der Waals surface area contributed by atoms with Crippen LogP contribution in [0, 0.1) is 23.6 Å². The average Bonchev–Trinajstić information content (AvgIpc) is 3.57. The van der Waals surface area contributed by atoms with Crippen molar-refractivity contribution in [2.45, 2.75) is 94.9 Å². The van der Waals surface area contributed by atoms with Crippen molar-refractivity contribution < 1.29 is 18.7 Å². The van der Waals surface area contributed by atoms with Gasteiger partial charge in [0.25, 0.3) is 0 Å². The molecular weight excluding hydrogens is 543 g/mol. The van der Waals surface area contributed by atoms with Crippen LogP contribution in [-0.4, -0.2) is 43.9 Å². The van der Waals surface area contributed by atoms with Crippen molar-refractivity contribution >= 4 is 12.0 Å². The molecule has 8 heteroatoms. The minimum absolute atomic E-state index is 0.140. The summed E-state index contributed by atoms with van der Waals surface area (Å²) in [5, 5.41) is 8.43. The van der Waals surface area contributed by atoms with E-state index in [1.165, 1.54) is 31.4 Å². The molecule has 3 aromatic rings. The van der Waals surface area contributed by atoms with Gasteiger partial charge < -0.3 is 10.1 Å². The predicted octanol–water partition coefficient (Wildman–Crippen LogP) is 6.93. The first kappa shape index (κ1) is 28.1. The summed E-state index contributed by atoms with van der Waals surface area (Å²) in [5.41, 5.74) is 1.31. The van der Waals surface area contributed by atoms with Gasteiger partial charge in [-0.25, -0.2) is 13.9 Å². The first-order valence-corrected chi connectivity index (χ1v) is 15.8. The number of ether oxygens (including phenoxy) is 1. The van der Waals surface area contributed by atoms with Crippen molar-refractivity contribution in [2.24, 2.45) is 17.8 Å². The minimum atomic E-state index is -0.775. The van der Waals surface area contributed by atoms with Crippen LogP contribution in [0.1, 0.15) is 88.9 Å². The predicted molar refractivity (Wildman–Crippen MR) is 161 cm³/mol. The number of benzene rings is 2. The Bertz CT molecular complexity index is 1480. The van der Waals surface area contributed by atoms with Gasteiger partial charge in [0.05, 0.1) is 17.4 Å². The molecule has 0 unspecified atom stereocenters. The first-order chi connectivity index (χ1) is 20.6. The molecule has 2 aromatic carbocycles. The molecule has 0 spiro atoms. The summed E-state index contributed by atoms with van der Waals surface area (Å²) in [6, 6.07) is 16.7. The van der Waals surface area contributed by atoms with Crippen LogP contribution in [0.5, 0.6) is 0 Å². The highest BCUT2D eigenvalue weighted by Gasteiger charge is 2.55.